The Morgan fingerprint density at radius 2 is 2.23 bits per heavy atom. The molecule has 1 saturated heterocycles. The normalized spacial score (nSPS) is 31.7. The van der Waals surface area contributed by atoms with Gasteiger partial charge in [-0.3, -0.25) is 4.79 Å². The molecule has 9 nitrogen and oxygen atoms in total. The van der Waals surface area contributed by atoms with Crippen molar-refractivity contribution in [3.8, 4) is 0 Å². The summed E-state index contributed by atoms with van der Waals surface area (Å²) < 4.78 is 6.92. The van der Waals surface area contributed by atoms with Crippen molar-refractivity contribution in [2.45, 2.75) is 31.0 Å². The van der Waals surface area contributed by atoms with Crippen molar-refractivity contribution in [3.63, 3.8) is 0 Å². The van der Waals surface area contributed by atoms with Crippen LogP contribution in [0.1, 0.15) is 13.2 Å². The fraction of sp³-hybridized carbons (Fsp3) is 0.462. The molecule has 1 aliphatic rings. The Morgan fingerprint density at radius 3 is 2.86 bits per heavy atom. The van der Waals surface area contributed by atoms with Crippen molar-refractivity contribution in [2.75, 3.05) is 12.3 Å². The second-order valence-corrected chi connectivity index (χ2v) is 5.42. The Hall–Kier alpha value is -2.07. The van der Waals surface area contributed by atoms with Crippen LogP contribution in [0.5, 0.6) is 0 Å². The predicted molar refractivity (Wildman–Crippen MR) is 75.8 cm³/mol. The molecular weight excluding hydrogens is 292 g/mol. The third-order valence-electron chi connectivity index (χ3n) is 3.92. The molecule has 1 aliphatic heterocycles. The number of hydrogen-bond donors (Lipinski definition) is 4. The smallest absolute Gasteiger partial charge is 0.194 e. The Balaban J connectivity index is 2.22. The minimum Gasteiger partial charge on any atom is -0.394 e. The Labute approximate surface area is 124 Å². The summed E-state index contributed by atoms with van der Waals surface area (Å²) in [6, 6.07) is 1.25. The Morgan fingerprint density at radius 1 is 1.50 bits per heavy atom. The minimum absolute atomic E-state index is 0.0150. The van der Waals surface area contributed by atoms with Gasteiger partial charge in [-0.15, -0.1) is 0 Å². The second kappa shape index (κ2) is 4.99. The Kier molecular flexibility index (Phi) is 3.37. The van der Waals surface area contributed by atoms with Crippen molar-refractivity contribution in [2.24, 2.45) is 0 Å². The van der Waals surface area contributed by atoms with Gasteiger partial charge in [-0.2, -0.15) is 0 Å². The Bertz CT molecular complexity index is 775. The predicted octanol–water partition coefficient (Wildman–Crippen LogP) is -1.62. The summed E-state index contributed by atoms with van der Waals surface area (Å²) in [6.07, 6.45) is -0.707. The van der Waals surface area contributed by atoms with Gasteiger partial charge < -0.3 is 30.4 Å². The van der Waals surface area contributed by atoms with Crippen LogP contribution >= 0.6 is 0 Å². The SMILES string of the molecule is CC1(O)C(n2ccc(=O)c3c(N)ncnc32)OC(CO)[C@H]1O. The van der Waals surface area contributed by atoms with Crippen LogP contribution in [0.25, 0.3) is 11.0 Å². The van der Waals surface area contributed by atoms with Crippen molar-refractivity contribution in [3.05, 3.63) is 28.8 Å². The van der Waals surface area contributed by atoms with Crippen molar-refractivity contribution < 1.29 is 20.1 Å². The number of pyridine rings is 1. The van der Waals surface area contributed by atoms with Gasteiger partial charge in [-0.1, -0.05) is 0 Å². The topological polar surface area (TPSA) is 144 Å². The van der Waals surface area contributed by atoms with Gasteiger partial charge in [0.05, 0.1) is 6.61 Å². The summed E-state index contributed by atoms with van der Waals surface area (Å²) in [4.78, 5) is 19.8. The largest absolute Gasteiger partial charge is 0.394 e. The number of nitrogens with two attached hydrogens (primary N) is 1. The third-order valence-corrected chi connectivity index (χ3v) is 3.92. The monoisotopic (exact) mass is 308 g/mol. The zero-order chi connectivity index (χ0) is 16.1. The first-order valence-electron chi connectivity index (χ1n) is 6.66. The van der Waals surface area contributed by atoms with Crippen LogP contribution in [0.3, 0.4) is 0 Å². The molecule has 0 amide bonds. The highest BCUT2D eigenvalue weighted by Crippen LogP contribution is 2.38. The van der Waals surface area contributed by atoms with E-state index in [9.17, 15) is 20.1 Å². The van der Waals surface area contributed by atoms with E-state index in [1.165, 1.54) is 30.1 Å². The number of nitrogens with zero attached hydrogens (tertiary/aromatic N) is 3. The first kappa shape index (κ1) is 14.9. The zero-order valence-electron chi connectivity index (χ0n) is 11.7. The van der Waals surface area contributed by atoms with Crippen LogP contribution in [0.15, 0.2) is 23.4 Å². The number of aliphatic hydroxyl groups is 3. The highest BCUT2D eigenvalue weighted by molar-refractivity contribution is 5.84. The molecule has 0 radical (unpaired) electrons. The number of hydrogen-bond acceptors (Lipinski definition) is 8. The van der Waals surface area contributed by atoms with E-state index in [0.717, 1.165) is 0 Å². The number of anilines is 1. The summed E-state index contributed by atoms with van der Waals surface area (Å²) in [5.74, 6) is 0.0150. The highest BCUT2D eigenvalue weighted by atomic mass is 16.6. The van der Waals surface area contributed by atoms with E-state index >= 15 is 0 Å². The van der Waals surface area contributed by atoms with Gasteiger partial charge in [0.1, 0.15) is 35.3 Å². The molecule has 2 aromatic rings. The lowest BCUT2D eigenvalue weighted by molar-refractivity contribution is -0.0950. The van der Waals surface area contributed by atoms with Crippen LogP contribution in [0.2, 0.25) is 0 Å². The first-order valence-corrected chi connectivity index (χ1v) is 6.66. The number of aliphatic hydroxyl groups excluding tert-OH is 2. The van der Waals surface area contributed by atoms with Gasteiger partial charge in [0.2, 0.25) is 0 Å². The molecule has 0 saturated carbocycles. The lowest BCUT2D eigenvalue weighted by Gasteiger charge is -2.28. The van der Waals surface area contributed by atoms with Gasteiger partial charge >= 0.3 is 0 Å². The maximum Gasteiger partial charge on any atom is 0.194 e. The molecule has 0 aromatic carbocycles. The van der Waals surface area contributed by atoms with Crippen LogP contribution in [-0.4, -0.2) is 54.3 Å². The van der Waals surface area contributed by atoms with Crippen molar-refractivity contribution >= 4 is 16.9 Å². The van der Waals surface area contributed by atoms with Gasteiger partial charge in [-0.05, 0) is 6.92 Å². The maximum atomic E-state index is 11.9. The van der Waals surface area contributed by atoms with Crippen molar-refractivity contribution in [1.29, 1.82) is 0 Å². The average Bonchev–Trinajstić information content (AvgIpc) is 2.71. The molecule has 3 rings (SSSR count). The third kappa shape index (κ3) is 1.98. The molecule has 5 N–H and O–H groups in total. The summed E-state index contributed by atoms with van der Waals surface area (Å²) in [5, 5.41) is 29.9. The number of aromatic nitrogens is 3. The van der Waals surface area contributed by atoms with Crippen molar-refractivity contribution in [1.82, 2.24) is 14.5 Å². The first-order chi connectivity index (χ1) is 10.4. The molecule has 0 aliphatic carbocycles. The maximum absolute atomic E-state index is 11.9. The second-order valence-electron chi connectivity index (χ2n) is 5.42. The summed E-state index contributed by atoms with van der Waals surface area (Å²) in [6.45, 7) is 0.926. The standard InChI is InChI=1S/C13H16N4O5/c1-13(21)9(20)7(4-18)22-12(13)17-3-2-6(19)8-10(14)15-5-16-11(8)17/h2-3,5,7,9,12,18,20-21H,4H2,1H3,(H2,14,15,16)/t7?,9-,12?,13?/m1/s1. The number of nitrogen functional groups attached to an aromatic ring is 1. The molecule has 1 fully saturated rings. The molecule has 0 spiro atoms. The van der Waals surface area contributed by atoms with E-state index in [2.05, 4.69) is 9.97 Å². The van der Waals surface area contributed by atoms with Crippen LogP contribution < -0.4 is 11.2 Å². The molecular formula is C13H16N4O5. The summed E-state index contributed by atoms with van der Waals surface area (Å²) in [5.41, 5.74) is 3.85. The molecule has 4 atom stereocenters. The van der Waals surface area contributed by atoms with Gasteiger partial charge in [0.15, 0.2) is 17.3 Å². The fourth-order valence-corrected chi connectivity index (χ4v) is 2.70. The van der Waals surface area contributed by atoms with Crippen LogP contribution in [0, 0.1) is 0 Å². The van der Waals surface area contributed by atoms with Crippen LogP contribution in [-0.2, 0) is 4.74 Å². The molecule has 3 unspecified atom stereocenters. The number of fused-ring (bicyclic) bond motifs is 1. The summed E-state index contributed by atoms with van der Waals surface area (Å²) in [7, 11) is 0. The number of ether oxygens (including phenoxy) is 1. The average molecular weight is 308 g/mol. The fourth-order valence-electron chi connectivity index (χ4n) is 2.70. The van der Waals surface area contributed by atoms with E-state index in [1.807, 2.05) is 0 Å². The number of rotatable bonds is 2. The molecule has 3 heterocycles. The molecule has 118 valence electrons. The van der Waals surface area contributed by atoms with Gasteiger partial charge in [0.25, 0.3) is 0 Å². The molecule has 2 aromatic heterocycles. The van der Waals surface area contributed by atoms with Gasteiger partial charge in [0, 0.05) is 12.3 Å². The van der Waals surface area contributed by atoms with E-state index in [-0.39, 0.29) is 22.3 Å². The quantitative estimate of drug-likeness (QED) is 0.518. The van der Waals surface area contributed by atoms with E-state index in [1.54, 1.807) is 0 Å². The minimum atomic E-state index is -1.69. The lowest BCUT2D eigenvalue weighted by atomic mass is 9.96. The summed E-state index contributed by atoms with van der Waals surface area (Å²) >= 11 is 0. The molecule has 9 heteroatoms. The zero-order valence-corrected chi connectivity index (χ0v) is 11.7. The molecule has 0 bridgehead atoms. The highest BCUT2D eigenvalue weighted by Gasteiger charge is 2.53. The van der Waals surface area contributed by atoms with E-state index < -0.39 is 30.6 Å². The van der Waals surface area contributed by atoms with E-state index in [0.29, 0.717) is 0 Å². The molecule has 22 heavy (non-hydrogen) atoms. The van der Waals surface area contributed by atoms with E-state index in [4.69, 9.17) is 10.5 Å². The van der Waals surface area contributed by atoms with Crippen LogP contribution in [0.4, 0.5) is 5.82 Å². The lowest BCUT2D eigenvalue weighted by Crippen LogP contribution is -2.44. The van der Waals surface area contributed by atoms with Gasteiger partial charge in [-0.25, -0.2) is 9.97 Å².